The molecule has 2 heterocycles. The summed E-state index contributed by atoms with van der Waals surface area (Å²) in [4.78, 5) is 162. The number of esters is 1. The predicted octanol–water partition coefficient (Wildman–Crippen LogP) is 4.13. The van der Waals surface area contributed by atoms with Gasteiger partial charge in [0.15, 0.2) is 6.10 Å². The zero-order chi connectivity index (χ0) is 82.1. The summed E-state index contributed by atoms with van der Waals surface area (Å²) < 4.78 is 55.1. The molecule has 0 aliphatic carbocycles. The predicted molar refractivity (Wildman–Crippen MR) is 411 cm³/mol. The fourth-order valence-corrected chi connectivity index (χ4v) is 11.6. The molecular weight excluding hydrogens is 1470 g/mol. The molecule has 35 heteroatoms. The number of nitrogens with one attached hydrogen (secondary N) is 7. The maximum atomic E-state index is 14.3. The van der Waals surface area contributed by atoms with Crippen LogP contribution in [0.1, 0.15) is 154 Å². The van der Waals surface area contributed by atoms with Gasteiger partial charge in [-0.05, 0) is 102 Å². The highest BCUT2D eigenvalue weighted by Gasteiger charge is 2.39. The molecule has 0 spiro atoms. The number of carbonyl (C=O) groups is 12. The second kappa shape index (κ2) is 55.3. The number of imide groups is 1. The first-order valence-corrected chi connectivity index (χ1v) is 39.1. The number of rotatable bonds is 62. The summed E-state index contributed by atoms with van der Waals surface area (Å²) in [5.41, 5.74) is 0.311. The number of anilines is 1. The van der Waals surface area contributed by atoms with E-state index in [1.54, 1.807) is 76.0 Å². The molecule has 0 saturated heterocycles. The van der Waals surface area contributed by atoms with E-state index in [2.05, 4.69) is 42.2 Å². The van der Waals surface area contributed by atoms with Gasteiger partial charge in [0, 0.05) is 81.8 Å². The number of thiazole rings is 1. The van der Waals surface area contributed by atoms with E-state index < -0.39 is 89.3 Å². The van der Waals surface area contributed by atoms with Crippen LogP contribution in [0.3, 0.4) is 0 Å². The molecule has 1 aliphatic rings. The van der Waals surface area contributed by atoms with Gasteiger partial charge in [0.2, 0.25) is 35.4 Å². The SMILES string of the molecule is CCCCNC(=O)CNC(=O)[C@H](CCCCNC(=O)COCCOCCOCCOCCOCCOCCOCCOCCOC(=O)Nc1ccc(C[C@@H](C[C@H](C)C(=O)O)NC(=O)c2csc([C@@H](C[C@H](C(C)C)N(C)C(=O)[C@@H](NC(=O)C(C)(C)N(C)C)[C@@H](C)CC)OC(C)=O)n2)cc1)NC(=O)CCCN1C(=O)C=CC1=O. The van der Waals surface area contributed by atoms with Crippen LogP contribution in [0.15, 0.2) is 41.8 Å². The van der Waals surface area contributed by atoms with Crippen LogP contribution in [0.2, 0.25) is 0 Å². The molecule has 0 radical (unpaired) electrons. The molecule has 7 atom stereocenters. The maximum absolute atomic E-state index is 14.3. The Morgan fingerprint density at radius 1 is 0.640 bits per heavy atom. The lowest BCUT2D eigenvalue weighted by molar-refractivity contribution is -0.149. The van der Waals surface area contributed by atoms with E-state index in [-0.39, 0.29) is 132 Å². The van der Waals surface area contributed by atoms with Crippen LogP contribution in [0, 0.1) is 17.8 Å². The van der Waals surface area contributed by atoms with Crippen molar-refractivity contribution in [3.8, 4) is 0 Å². The Bertz CT molecular complexity index is 3180. The lowest BCUT2D eigenvalue weighted by Gasteiger charge is -2.38. The van der Waals surface area contributed by atoms with Crippen molar-refractivity contribution >= 4 is 88.2 Å². The summed E-state index contributed by atoms with van der Waals surface area (Å²) in [6.45, 7) is 21.2. The van der Waals surface area contributed by atoms with Crippen molar-refractivity contribution in [3.05, 3.63) is 58.1 Å². The Morgan fingerprint density at radius 2 is 1.18 bits per heavy atom. The monoisotopic (exact) mass is 1590 g/mol. The first-order chi connectivity index (χ1) is 53.0. The average molecular weight is 1590 g/mol. The number of carboxylic acids is 1. The molecule has 0 bridgehead atoms. The number of hydrogen-bond donors (Lipinski definition) is 8. The van der Waals surface area contributed by atoms with Gasteiger partial charge in [-0.1, -0.05) is 66.5 Å². The van der Waals surface area contributed by atoms with Gasteiger partial charge in [-0.25, -0.2) is 9.78 Å². The minimum atomic E-state index is -1.04. The lowest BCUT2D eigenvalue weighted by atomic mass is 9.92. The molecule has 626 valence electrons. The molecule has 0 saturated carbocycles. The number of unbranched alkanes of at least 4 members (excludes halogenated alkanes) is 2. The number of hydrogen-bond acceptors (Lipinski definition) is 25. The van der Waals surface area contributed by atoms with E-state index in [1.165, 1.54) is 24.5 Å². The second-order valence-electron chi connectivity index (χ2n) is 27.8. The van der Waals surface area contributed by atoms with Gasteiger partial charge < -0.3 is 89.3 Å². The smallest absolute Gasteiger partial charge is 0.411 e. The summed E-state index contributed by atoms with van der Waals surface area (Å²) in [6, 6.07) is 3.88. The van der Waals surface area contributed by atoms with Crippen molar-refractivity contribution < 1.29 is 110 Å². The molecule has 111 heavy (non-hydrogen) atoms. The first kappa shape index (κ1) is 97.1. The molecule has 0 fully saturated rings. The van der Waals surface area contributed by atoms with Gasteiger partial charge in [-0.3, -0.25) is 67.9 Å². The van der Waals surface area contributed by atoms with Crippen molar-refractivity contribution in [2.24, 2.45) is 17.8 Å². The van der Waals surface area contributed by atoms with Gasteiger partial charge in [-0.2, -0.15) is 0 Å². The van der Waals surface area contributed by atoms with Crippen molar-refractivity contribution in [3.63, 3.8) is 0 Å². The lowest BCUT2D eigenvalue weighted by Crippen LogP contribution is -2.60. The number of carbonyl (C=O) groups excluding carboxylic acids is 11. The second-order valence-corrected chi connectivity index (χ2v) is 28.6. The van der Waals surface area contributed by atoms with E-state index in [1.807, 2.05) is 34.6 Å². The Kier molecular flexibility index (Phi) is 48.4. The summed E-state index contributed by atoms with van der Waals surface area (Å²) >= 11 is 1.11. The normalized spacial score (nSPS) is 14.1. The Hall–Kier alpha value is -8.13. The molecule has 1 aliphatic heterocycles. The highest BCUT2D eigenvalue weighted by molar-refractivity contribution is 7.09. The van der Waals surface area contributed by atoms with Gasteiger partial charge >= 0.3 is 18.0 Å². The number of amides is 10. The number of nitrogens with zero attached hydrogens (tertiary/aromatic N) is 4. The average Bonchev–Trinajstić information content (AvgIpc) is 1.79. The van der Waals surface area contributed by atoms with E-state index in [4.69, 9.17) is 47.4 Å². The van der Waals surface area contributed by atoms with Crippen LogP contribution in [0.25, 0.3) is 0 Å². The highest BCUT2D eigenvalue weighted by atomic mass is 32.1. The number of aliphatic carboxylic acids is 1. The Morgan fingerprint density at radius 3 is 1.70 bits per heavy atom. The van der Waals surface area contributed by atoms with Crippen molar-refractivity contribution in [1.82, 2.24) is 51.6 Å². The summed E-state index contributed by atoms with van der Waals surface area (Å²) in [5.74, 6) is -6.49. The van der Waals surface area contributed by atoms with Gasteiger partial charge in [-0.15, -0.1) is 11.3 Å². The van der Waals surface area contributed by atoms with Gasteiger partial charge in [0.25, 0.3) is 17.7 Å². The number of likely N-dealkylation sites (N-methyl/N-ethyl adjacent to an activating group) is 2. The fraction of sp³-hybridized carbons (Fsp3) is 0.697. The fourth-order valence-electron chi connectivity index (χ4n) is 10.8. The largest absolute Gasteiger partial charge is 0.481 e. The van der Waals surface area contributed by atoms with Gasteiger partial charge in [0.05, 0.1) is 117 Å². The van der Waals surface area contributed by atoms with Crippen LogP contribution in [0.4, 0.5) is 10.5 Å². The van der Waals surface area contributed by atoms with Gasteiger partial charge in [0.1, 0.15) is 36.0 Å². The van der Waals surface area contributed by atoms with Crippen LogP contribution in [-0.2, 0) is 102 Å². The Labute approximate surface area is 656 Å². The van der Waals surface area contributed by atoms with E-state index in [9.17, 15) is 62.6 Å². The Balaban J connectivity index is 1.21. The van der Waals surface area contributed by atoms with E-state index in [0.29, 0.717) is 116 Å². The van der Waals surface area contributed by atoms with Crippen molar-refractivity contribution in [2.75, 3.05) is 165 Å². The maximum Gasteiger partial charge on any atom is 0.411 e. The van der Waals surface area contributed by atoms with Crippen LogP contribution in [0.5, 0.6) is 0 Å². The molecule has 1 aromatic carbocycles. The van der Waals surface area contributed by atoms with E-state index >= 15 is 0 Å². The van der Waals surface area contributed by atoms with Crippen molar-refractivity contribution in [1.29, 1.82) is 0 Å². The molecular formula is C76H123N11O23S. The van der Waals surface area contributed by atoms with Crippen molar-refractivity contribution in [2.45, 2.75) is 169 Å². The zero-order valence-electron chi connectivity index (χ0n) is 66.9. The highest BCUT2D eigenvalue weighted by Crippen LogP contribution is 2.32. The number of carboxylic acid groups (broad SMARTS) is 1. The molecule has 2 aromatic rings. The third kappa shape index (κ3) is 40.3. The first-order valence-electron chi connectivity index (χ1n) is 38.2. The van der Waals surface area contributed by atoms with Crippen LogP contribution in [-0.4, -0.2) is 285 Å². The summed E-state index contributed by atoms with van der Waals surface area (Å²) in [7, 11) is 5.25. The minimum Gasteiger partial charge on any atom is -0.481 e. The minimum absolute atomic E-state index is 0.0197. The number of ether oxygens (including phenoxy) is 10. The standard InChI is InChI=1S/C76H123N11O23S/c1-13-15-27-77-64(90)49-79-69(94)59(82-63(89)20-18-29-87-66(92)25-26-67(87)93)19-16-17-28-78-65(91)50-108-43-42-106-39-38-104-35-34-102-31-30-101-32-33-103-36-37-105-40-41-107-44-45-109-75(100)81-57-23-21-56(22-24-57)47-58(46-54(6)73(97)98)80-70(95)60-51-111-71(83-60)62(110-55(7)88)48-61(52(3)4)86(12)72(96)68(53(5)14-2)84-74(99)76(8,9)85(10)11/h21-26,51-54,58-59,61-62,68H,13-20,27-50H2,1-12H3,(H,77,90)(H,78,91)(H,79,94)(H,80,95)(H,81,100)(H,82,89)(H,84,99)(H,97,98)/t53-,54-,58+,59-,61+,62+,68-/m0/s1. The third-order valence-corrected chi connectivity index (χ3v) is 19.0. The van der Waals surface area contributed by atoms with Crippen LogP contribution >= 0.6 is 11.3 Å². The molecule has 10 amide bonds. The summed E-state index contributed by atoms with van der Waals surface area (Å²) in [6.07, 6.45) is 4.84. The number of benzene rings is 1. The van der Waals surface area contributed by atoms with Crippen LogP contribution < -0.4 is 37.2 Å². The number of aromatic nitrogens is 1. The van der Waals surface area contributed by atoms with E-state index in [0.717, 1.165) is 34.6 Å². The molecule has 3 rings (SSSR count). The third-order valence-electron chi connectivity index (χ3n) is 18.1. The topological polar surface area (TPSA) is 424 Å². The summed E-state index contributed by atoms with van der Waals surface area (Å²) in [5, 5.41) is 31.0. The molecule has 1 aromatic heterocycles. The molecule has 8 N–H and O–H groups in total. The quantitative estimate of drug-likeness (QED) is 0.0262. The molecule has 0 unspecified atom stereocenters. The molecule has 34 nitrogen and oxygen atoms in total. The zero-order valence-corrected chi connectivity index (χ0v) is 67.7.